The monoisotopic (exact) mass is 385 g/mol. The Morgan fingerprint density at radius 3 is 2.79 bits per heavy atom. The van der Waals surface area contributed by atoms with Crippen LogP contribution in [0.25, 0.3) is 11.3 Å². The number of H-pyrrole nitrogens is 1. The minimum Gasteiger partial charge on any atom is -0.356 e. The number of likely N-dealkylation sites (N-methyl/N-ethyl adjacent to an activating group) is 1. The fourth-order valence-corrected chi connectivity index (χ4v) is 4.14. The third kappa shape index (κ3) is 3.52. The lowest BCUT2D eigenvalue weighted by molar-refractivity contribution is -0.121. The van der Waals surface area contributed by atoms with Gasteiger partial charge in [0.2, 0.25) is 5.91 Å². The van der Waals surface area contributed by atoms with E-state index in [1.165, 1.54) is 12.1 Å². The molecule has 0 bridgehead atoms. The number of amides is 2. The lowest BCUT2D eigenvalue weighted by Gasteiger charge is -2.49. The molecule has 2 N–H and O–H groups in total. The van der Waals surface area contributed by atoms with Crippen molar-refractivity contribution >= 4 is 11.8 Å². The molecule has 148 valence electrons. The number of benzene rings is 1. The second-order valence-electron chi connectivity index (χ2n) is 7.65. The van der Waals surface area contributed by atoms with Crippen molar-refractivity contribution in [1.29, 1.82) is 0 Å². The summed E-state index contributed by atoms with van der Waals surface area (Å²) in [5.74, 6) is -0.335. The first-order valence-corrected chi connectivity index (χ1v) is 9.55. The second kappa shape index (κ2) is 7.35. The lowest BCUT2D eigenvalue weighted by atomic mass is 9.86. The standard InChI is InChI=1S/C20H24FN5O2/c1-25-10-11-26(13-20(25)7-6-18(27)22-9-8-20)19(28)17-12-16(23-24-17)14-2-4-15(21)5-3-14/h2-5,12H,6-11,13H2,1H3,(H,22,27)(H,23,24)/t20-/m1/s1. The van der Waals surface area contributed by atoms with Crippen molar-refractivity contribution in [3.05, 3.63) is 41.8 Å². The van der Waals surface area contributed by atoms with Crippen LogP contribution in [0.5, 0.6) is 0 Å². The Labute approximate surface area is 162 Å². The fourth-order valence-electron chi connectivity index (χ4n) is 4.14. The molecule has 0 saturated carbocycles. The first kappa shape index (κ1) is 18.6. The second-order valence-corrected chi connectivity index (χ2v) is 7.65. The van der Waals surface area contributed by atoms with Crippen molar-refractivity contribution in [3.63, 3.8) is 0 Å². The number of nitrogens with zero attached hydrogens (tertiary/aromatic N) is 3. The molecule has 8 heteroatoms. The molecule has 4 rings (SSSR count). The van der Waals surface area contributed by atoms with Crippen LogP contribution in [0.1, 0.15) is 29.8 Å². The van der Waals surface area contributed by atoms with E-state index in [0.717, 1.165) is 24.9 Å². The number of halogens is 1. The van der Waals surface area contributed by atoms with Crippen molar-refractivity contribution < 1.29 is 14.0 Å². The van der Waals surface area contributed by atoms with Gasteiger partial charge >= 0.3 is 0 Å². The van der Waals surface area contributed by atoms with Gasteiger partial charge in [0.25, 0.3) is 5.91 Å². The Morgan fingerprint density at radius 2 is 2.00 bits per heavy atom. The van der Waals surface area contributed by atoms with Gasteiger partial charge in [0.05, 0.1) is 5.69 Å². The number of rotatable bonds is 2. The molecular weight excluding hydrogens is 361 g/mol. The van der Waals surface area contributed by atoms with Crippen molar-refractivity contribution in [2.45, 2.75) is 24.8 Å². The van der Waals surface area contributed by atoms with Gasteiger partial charge in [-0.25, -0.2) is 4.39 Å². The summed E-state index contributed by atoms with van der Waals surface area (Å²) in [7, 11) is 2.07. The zero-order valence-corrected chi connectivity index (χ0v) is 15.9. The summed E-state index contributed by atoms with van der Waals surface area (Å²) in [5.41, 5.74) is 1.59. The van der Waals surface area contributed by atoms with Gasteiger partial charge in [0, 0.05) is 43.7 Å². The number of aromatic amines is 1. The maximum atomic E-state index is 13.1. The molecule has 28 heavy (non-hydrogen) atoms. The summed E-state index contributed by atoms with van der Waals surface area (Å²) < 4.78 is 13.1. The van der Waals surface area contributed by atoms with Crippen LogP contribution in [0.2, 0.25) is 0 Å². The van der Waals surface area contributed by atoms with Gasteiger partial charge in [-0.1, -0.05) is 0 Å². The predicted octanol–water partition coefficient (Wildman–Crippen LogP) is 1.64. The van der Waals surface area contributed by atoms with Gasteiger partial charge < -0.3 is 10.2 Å². The van der Waals surface area contributed by atoms with E-state index in [1.54, 1.807) is 18.2 Å². The molecule has 2 saturated heterocycles. The molecule has 1 aromatic heterocycles. The third-order valence-electron chi connectivity index (χ3n) is 5.97. The minimum atomic E-state index is -0.310. The van der Waals surface area contributed by atoms with Gasteiger partial charge in [-0.05, 0) is 50.2 Å². The van der Waals surface area contributed by atoms with Gasteiger partial charge in [0.15, 0.2) is 0 Å². The average Bonchev–Trinajstić information content (AvgIpc) is 3.11. The minimum absolute atomic E-state index is 0.0752. The van der Waals surface area contributed by atoms with Crippen molar-refractivity contribution in [3.8, 4) is 11.3 Å². The Hall–Kier alpha value is -2.74. The molecule has 1 spiro atoms. The largest absolute Gasteiger partial charge is 0.356 e. The number of hydrogen-bond acceptors (Lipinski definition) is 4. The third-order valence-corrected chi connectivity index (χ3v) is 5.97. The van der Waals surface area contributed by atoms with Gasteiger partial charge in [0.1, 0.15) is 11.5 Å². The molecular formula is C20H24FN5O2. The van der Waals surface area contributed by atoms with Crippen LogP contribution in [0, 0.1) is 5.82 Å². The van der Waals surface area contributed by atoms with Crippen LogP contribution in [0.4, 0.5) is 4.39 Å². The normalized spacial score (nSPS) is 23.5. The molecule has 1 aromatic carbocycles. The maximum absolute atomic E-state index is 13.1. The van der Waals surface area contributed by atoms with Crippen LogP contribution in [-0.2, 0) is 4.79 Å². The highest BCUT2D eigenvalue weighted by molar-refractivity contribution is 5.93. The fraction of sp³-hybridized carbons (Fsp3) is 0.450. The number of aromatic nitrogens is 2. The van der Waals surface area contributed by atoms with E-state index in [4.69, 9.17) is 0 Å². The first-order chi connectivity index (χ1) is 13.5. The summed E-state index contributed by atoms with van der Waals surface area (Å²) in [5, 5.41) is 9.96. The Morgan fingerprint density at radius 1 is 1.21 bits per heavy atom. The summed E-state index contributed by atoms with van der Waals surface area (Å²) in [6.45, 7) is 2.61. The summed E-state index contributed by atoms with van der Waals surface area (Å²) in [6, 6.07) is 7.73. The molecule has 2 amide bonds. The van der Waals surface area contributed by atoms with E-state index in [2.05, 4.69) is 27.5 Å². The Kier molecular flexibility index (Phi) is 4.89. The zero-order chi connectivity index (χ0) is 19.7. The number of hydrogen-bond donors (Lipinski definition) is 2. The molecule has 3 heterocycles. The molecule has 2 aliphatic rings. The summed E-state index contributed by atoms with van der Waals surface area (Å²) >= 11 is 0. The van der Waals surface area contributed by atoms with Crippen molar-refractivity contribution in [2.75, 3.05) is 33.2 Å². The molecule has 0 unspecified atom stereocenters. The number of carbonyl (C=O) groups excluding carboxylic acids is 2. The van der Waals surface area contributed by atoms with E-state index in [-0.39, 0.29) is 23.2 Å². The summed E-state index contributed by atoms with van der Waals surface area (Å²) in [6.07, 6.45) is 2.04. The summed E-state index contributed by atoms with van der Waals surface area (Å²) in [4.78, 5) is 29.0. The Balaban J connectivity index is 1.52. The van der Waals surface area contributed by atoms with Gasteiger partial charge in [-0.15, -0.1) is 0 Å². The maximum Gasteiger partial charge on any atom is 0.271 e. The highest BCUT2D eigenvalue weighted by Crippen LogP contribution is 2.31. The van der Waals surface area contributed by atoms with E-state index >= 15 is 0 Å². The van der Waals surface area contributed by atoms with Crippen LogP contribution in [-0.4, -0.2) is 70.6 Å². The predicted molar refractivity (Wildman–Crippen MR) is 102 cm³/mol. The van der Waals surface area contributed by atoms with Crippen LogP contribution in [0.3, 0.4) is 0 Å². The number of nitrogens with one attached hydrogen (secondary N) is 2. The molecule has 2 aromatic rings. The highest BCUT2D eigenvalue weighted by Gasteiger charge is 2.42. The van der Waals surface area contributed by atoms with E-state index in [1.807, 2.05) is 4.90 Å². The zero-order valence-electron chi connectivity index (χ0n) is 15.9. The SMILES string of the molecule is CN1CCN(C(=O)c2cc(-c3ccc(F)cc3)n[nH]2)C[C@@]12CCNC(=O)CC2. The van der Waals surface area contributed by atoms with Crippen molar-refractivity contribution in [1.82, 2.24) is 25.3 Å². The van der Waals surface area contributed by atoms with Crippen LogP contribution < -0.4 is 5.32 Å². The Bertz CT molecular complexity index is 881. The van der Waals surface area contributed by atoms with E-state index < -0.39 is 0 Å². The first-order valence-electron chi connectivity index (χ1n) is 9.55. The van der Waals surface area contributed by atoms with E-state index in [0.29, 0.717) is 37.4 Å². The quantitative estimate of drug-likeness (QED) is 0.824. The molecule has 2 fully saturated rings. The molecule has 0 radical (unpaired) electrons. The lowest BCUT2D eigenvalue weighted by Crippen LogP contribution is -2.62. The van der Waals surface area contributed by atoms with Crippen molar-refractivity contribution in [2.24, 2.45) is 0 Å². The topological polar surface area (TPSA) is 81.3 Å². The highest BCUT2D eigenvalue weighted by atomic mass is 19.1. The van der Waals surface area contributed by atoms with E-state index in [9.17, 15) is 14.0 Å². The number of piperazine rings is 1. The van der Waals surface area contributed by atoms with Gasteiger partial charge in [-0.2, -0.15) is 5.10 Å². The molecule has 0 aliphatic carbocycles. The molecule has 7 nitrogen and oxygen atoms in total. The van der Waals surface area contributed by atoms with Crippen LogP contribution >= 0.6 is 0 Å². The van der Waals surface area contributed by atoms with Crippen LogP contribution in [0.15, 0.2) is 30.3 Å². The smallest absolute Gasteiger partial charge is 0.271 e. The molecule has 2 aliphatic heterocycles. The van der Waals surface area contributed by atoms with Gasteiger partial charge in [-0.3, -0.25) is 19.6 Å². The average molecular weight is 385 g/mol. The number of carbonyl (C=O) groups is 2. The molecule has 1 atom stereocenters.